The summed E-state index contributed by atoms with van der Waals surface area (Å²) in [7, 11) is 0. The van der Waals surface area contributed by atoms with Crippen LogP contribution in [0.15, 0.2) is 230 Å². The van der Waals surface area contributed by atoms with E-state index in [9.17, 15) is 13.7 Å². The number of benzene rings is 9. The fourth-order valence-electron chi connectivity index (χ4n) is 7.85. The number of aromatic nitrogens is 6. The second kappa shape index (κ2) is 16.5. The van der Waals surface area contributed by atoms with Crippen molar-refractivity contribution in [2.45, 2.75) is 11.8 Å². The molecule has 0 amide bonds. The van der Waals surface area contributed by atoms with Gasteiger partial charge in [0, 0.05) is 45.2 Å². The Morgan fingerprint density at radius 2 is 0.500 bits per heavy atom. The second-order valence-electron chi connectivity index (χ2n) is 14.6. The molecule has 0 radical (unpaired) electrons. The molecule has 6 nitrogen and oxygen atoms in total. The van der Waals surface area contributed by atoms with Crippen LogP contribution >= 0.6 is 0 Å². The van der Waals surface area contributed by atoms with E-state index >= 15 is 0 Å². The van der Waals surface area contributed by atoms with Crippen LogP contribution in [0.3, 0.4) is 0 Å². The maximum absolute atomic E-state index is 10.3. The Balaban J connectivity index is 1.10. The molecule has 0 aliphatic heterocycles. The summed E-state index contributed by atoms with van der Waals surface area (Å²) < 4.78 is 322. The zero-order valence-electron chi connectivity index (χ0n) is 70.0. The van der Waals surface area contributed by atoms with E-state index in [1.165, 1.54) is 0 Å². The summed E-state index contributed by atoms with van der Waals surface area (Å²) >= 11 is 0. The van der Waals surface area contributed by atoms with Crippen molar-refractivity contribution in [1.29, 1.82) is 0 Å². The molecule has 0 fully saturated rings. The van der Waals surface area contributed by atoms with E-state index in [2.05, 4.69) is 29.9 Å². The smallest absolute Gasteiger partial charge is 0.164 e. The maximum atomic E-state index is 10.3. The van der Waals surface area contributed by atoms with E-state index in [-0.39, 0.29) is 33.4 Å². The van der Waals surface area contributed by atoms with Gasteiger partial charge in [-0.2, -0.15) is 0 Å². The Kier molecular flexibility index (Phi) is 4.20. The van der Waals surface area contributed by atoms with Crippen LogP contribution in [0.2, 0.25) is 0 Å². The van der Waals surface area contributed by atoms with E-state index in [1.54, 1.807) is 0 Å². The summed E-state index contributed by atoms with van der Waals surface area (Å²) in [6.07, 6.45) is 0. The van der Waals surface area contributed by atoms with Gasteiger partial charge in [0.15, 0.2) is 34.9 Å². The summed E-state index contributed by atoms with van der Waals surface area (Å²) in [5.74, 6) is -8.51. The van der Waals surface area contributed by atoms with Gasteiger partial charge in [-0.05, 0) is 79.8 Å². The number of hydrogen-bond donors (Lipinski definition) is 0. The van der Waals surface area contributed by atoms with Gasteiger partial charge >= 0.3 is 0 Å². The van der Waals surface area contributed by atoms with Gasteiger partial charge in [0.05, 0.1) is 49.3 Å². The molecule has 3 aliphatic carbocycles. The van der Waals surface area contributed by atoms with Crippen LogP contribution in [-0.2, 0) is 0 Å². The lowest BCUT2D eigenvalue weighted by molar-refractivity contribution is 0.754. The molecule has 68 heavy (non-hydrogen) atoms. The largest absolute Gasteiger partial charge is 0.208 e. The van der Waals surface area contributed by atoms with Gasteiger partial charge in [-0.1, -0.05) is 205 Å². The molecule has 6 heteroatoms. The van der Waals surface area contributed by atoms with Crippen molar-refractivity contribution in [1.82, 2.24) is 29.9 Å². The third kappa shape index (κ3) is 6.98. The molecule has 2 heterocycles. The first-order chi connectivity index (χ1) is 48.6. The van der Waals surface area contributed by atoms with Crippen molar-refractivity contribution < 1.29 is 49.3 Å². The van der Waals surface area contributed by atoms with Crippen LogP contribution in [0, 0.1) is 0 Å². The minimum Gasteiger partial charge on any atom is -0.208 e. The van der Waals surface area contributed by atoms with Crippen LogP contribution < -0.4 is 0 Å². The molecule has 2 unspecified atom stereocenters. The van der Waals surface area contributed by atoms with Crippen molar-refractivity contribution >= 4 is 0 Å². The minimum atomic E-state index is -1.79. The topological polar surface area (TPSA) is 77.3 Å². The zero-order chi connectivity index (χ0) is 76.3. The Hall–Kier alpha value is -9.00. The van der Waals surface area contributed by atoms with E-state index < -0.39 is 320 Å². The number of rotatable bonds is 8. The second-order valence-corrected chi connectivity index (χ2v) is 14.6. The molecule has 0 N–H and O–H groups in total. The molecule has 11 aromatic rings. The van der Waals surface area contributed by atoms with Gasteiger partial charge in [0.25, 0.3) is 0 Å². The highest BCUT2D eigenvalue weighted by molar-refractivity contribution is 5.78. The Morgan fingerprint density at radius 1 is 0.221 bits per heavy atom. The highest BCUT2D eigenvalue weighted by Gasteiger charge is 2.41. The van der Waals surface area contributed by atoms with Gasteiger partial charge in [-0.3, -0.25) is 0 Å². The molecule has 0 spiro atoms. The zero-order valence-corrected chi connectivity index (χ0v) is 34.0. The van der Waals surface area contributed by atoms with Crippen LogP contribution in [0.4, 0.5) is 0 Å². The lowest BCUT2D eigenvalue weighted by Gasteiger charge is -2.42. The van der Waals surface area contributed by atoms with Crippen LogP contribution in [0.25, 0.3) is 90.6 Å². The molecule has 2 bridgehead atoms. The highest BCUT2D eigenvalue weighted by Crippen LogP contribution is 2.56. The van der Waals surface area contributed by atoms with Crippen molar-refractivity contribution in [3.63, 3.8) is 0 Å². The van der Waals surface area contributed by atoms with E-state index in [1.807, 2.05) is 0 Å². The molecular formula is C62H40N6. The van der Waals surface area contributed by atoms with E-state index in [4.69, 9.17) is 35.6 Å². The molecule has 2 atom stereocenters. The fraction of sp³-hybridized carbons (Fsp3) is 0.0323. The van der Waals surface area contributed by atoms with E-state index in [0.717, 1.165) is 12.1 Å². The first kappa shape index (κ1) is 17.3. The van der Waals surface area contributed by atoms with Gasteiger partial charge < -0.3 is 0 Å². The summed E-state index contributed by atoms with van der Waals surface area (Å²) in [5.41, 5.74) is -9.05. The highest BCUT2D eigenvalue weighted by atomic mass is 15.0. The van der Waals surface area contributed by atoms with Gasteiger partial charge in [0.2, 0.25) is 0 Å². The summed E-state index contributed by atoms with van der Waals surface area (Å²) in [6, 6.07) is -30.2. The minimum absolute atomic E-state index is 0.263. The third-order valence-electron chi connectivity index (χ3n) is 10.7. The first-order valence-electron chi connectivity index (χ1n) is 38.1. The standard InChI is InChI=1S/C62H40N6/c1-5-17-39(18-6-1)43-25-15-27-45(35-43)59-63-57(41-21-9-3-10-22-41)65-61(67-59)47-31-33-51-53(37-47)55-49-29-13-14-30-50(49)56(51)54-38-48(32-34-52(54)55)62-66-58(42-23-11-4-12-24-42)64-60(68-62)46-28-16-26-44(36-46)40-19-7-2-8-20-40/h1-38,55-56H/i1D,2D,3D,4D,5D,6D,7D,8D,9D,10D,11D,12D,13D,14D,15D,16D,17D,18D,19D,20D,21D,22D,23D,24D,25D,26D,27D,28D,29D,30D,33D,34D,35D,36D,37D,38D. The predicted molar refractivity (Wildman–Crippen MR) is 271 cm³/mol. The average Bonchev–Trinajstić information content (AvgIpc) is 0.671. The van der Waals surface area contributed by atoms with Crippen LogP contribution in [0.1, 0.15) is 94.6 Å². The number of hydrogen-bond acceptors (Lipinski definition) is 6. The van der Waals surface area contributed by atoms with Crippen LogP contribution in [-0.4, -0.2) is 29.9 Å². The molecule has 2 aromatic heterocycles. The maximum Gasteiger partial charge on any atom is 0.164 e. The van der Waals surface area contributed by atoms with Gasteiger partial charge in [-0.25, -0.2) is 29.9 Å². The molecule has 14 rings (SSSR count). The Morgan fingerprint density at radius 3 is 0.882 bits per heavy atom. The molecule has 3 aliphatic rings. The molecule has 318 valence electrons. The Bertz CT molecular complexity index is 5400. The quantitative estimate of drug-likeness (QED) is 0.151. The van der Waals surface area contributed by atoms with Crippen molar-refractivity contribution in [3.05, 3.63) is 263 Å². The van der Waals surface area contributed by atoms with Crippen molar-refractivity contribution in [3.8, 4) is 90.6 Å². The third-order valence-corrected chi connectivity index (χ3v) is 10.7. The lowest BCUT2D eigenvalue weighted by Crippen LogP contribution is -2.27. The Labute approximate surface area is 445 Å². The number of nitrogens with zero attached hydrogens (tertiary/aromatic N) is 6. The van der Waals surface area contributed by atoms with E-state index in [0.29, 0.717) is 0 Å². The predicted octanol–water partition coefficient (Wildman–Crippen LogP) is 14.4. The van der Waals surface area contributed by atoms with Gasteiger partial charge in [-0.15, -0.1) is 0 Å². The SMILES string of the molecule is [2H]c1cc(-c2nc(-c3c([2H])c([2H])c([2H])c([2H])c3[2H])nc(-c3c([2H])c([2H])c([2H])c(-c4c([2H])c([2H])c([2H])c([2H])c4[2H])c3[2H])n2)c([2H])c2c1C1c3c([2H])c(-c4nc(-c5c([2H])c([2H])c([2H])c([2H])c5[2H])nc(-c5c([2H])c([2H])c([2H])c(-c6c([2H])c([2H])c([2H])c([2H])c6[2H])c5[2H])n4)cc([2H])c3C2c2c([2H])c([2H])c([2H])c([2H])c21. The summed E-state index contributed by atoms with van der Waals surface area (Å²) in [4.78, 5) is 26.7. The lowest BCUT2D eigenvalue weighted by atomic mass is 9.61. The monoisotopic (exact) mass is 905 g/mol. The van der Waals surface area contributed by atoms with Crippen molar-refractivity contribution in [2.24, 2.45) is 0 Å². The molecule has 0 saturated heterocycles. The average molecular weight is 905 g/mol. The first-order valence-corrected chi connectivity index (χ1v) is 20.1. The van der Waals surface area contributed by atoms with Crippen molar-refractivity contribution in [2.75, 3.05) is 0 Å². The van der Waals surface area contributed by atoms with Gasteiger partial charge in [0.1, 0.15) is 0 Å². The normalized spacial score (nSPS) is 21.6. The summed E-state index contributed by atoms with van der Waals surface area (Å²) in [5, 5.41) is 0. The molecular weight excluding hydrogens is 829 g/mol. The van der Waals surface area contributed by atoms with Crippen LogP contribution in [0.5, 0.6) is 0 Å². The molecule has 0 saturated carbocycles. The fourth-order valence-corrected chi connectivity index (χ4v) is 7.85. The molecule has 9 aromatic carbocycles. The summed E-state index contributed by atoms with van der Waals surface area (Å²) in [6.45, 7) is 0.